The number of nitrogens with zero attached hydrogens (tertiary/aromatic N) is 4. The molecule has 5 rings (SSSR count). The fraction of sp³-hybridized carbons (Fsp3) is 0.316. The summed E-state index contributed by atoms with van der Waals surface area (Å²) >= 11 is 0. The van der Waals surface area contributed by atoms with Crippen molar-refractivity contribution in [2.75, 3.05) is 13.1 Å². The van der Waals surface area contributed by atoms with Gasteiger partial charge in [-0.2, -0.15) is 0 Å². The standard InChI is InChI=1S/C19H18N4O/c24-19(16-8-5-13-3-1-2-4-15(13)9-16)22-10-17(11-22)23-12-18(20-21-23)14-6-7-14/h1-5,8-9,12,14,17H,6-7,10-11H2. The molecule has 1 aliphatic heterocycles. The molecule has 5 heteroatoms. The van der Waals surface area contributed by atoms with Gasteiger partial charge in [-0.15, -0.1) is 5.10 Å². The van der Waals surface area contributed by atoms with E-state index in [0.717, 1.165) is 22.0 Å². The summed E-state index contributed by atoms with van der Waals surface area (Å²) in [6, 6.07) is 14.3. The number of carbonyl (C=O) groups excluding carboxylic acids is 1. The molecule has 1 amide bonds. The van der Waals surface area contributed by atoms with Crippen molar-refractivity contribution >= 4 is 16.7 Å². The molecular weight excluding hydrogens is 300 g/mol. The lowest BCUT2D eigenvalue weighted by atomic mass is 10.0. The molecule has 2 heterocycles. The molecule has 1 saturated carbocycles. The summed E-state index contributed by atoms with van der Waals surface area (Å²) in [6.45, 7) is 1.41. The van der Waals surface area contributed by atoms with Crippen LogP contribution in [-0.4, -0.2) is 38.9 Å². The molecule has 0 unspecified atom stereocenters. The molecule has 0 N–H and O–H groups in total. The predicted octanol–water partition coefficient (Wildman–Crippen LogP) is 3.01. The van der Waals surface area contributed by atoms with Crippen LogP contribution in [0.5, 0.6) is 0 Å². The van der Waals surface area contributed by atoms with Crippen LogP contribution in [0.15, 0.2) is 48.7 Å². The first kappa shape index (κ1) is 13.7. The lowest BCUT2D eigenvalue weighted by Crippen LogP contribution is -2.50. The number of carbonyl (C=O) groups is 1. The third kappa shape index (κ3) is 2.28. The van der Waals surface area contributed by atoms with Gasteiger partial charge in [-0.05, 0) is 35.7 Å². The van der Waals surface area contributed by atoms with E-state index >= 15 is 0 Å². The van der Waals surface area contributed by atoms with E-state index in [1.165, 1.54) is 12.8 Å². The molecule has 24 heavy (non-hydrogen) atoms. The SMILES string of the molecule is O=C(c1ccc2ccccc2c1)N1CC(n2cc(C3CC3)nn2)C1. The molecule has 0 radical (unpaired) electrons. The monoisotopic (exact) mass is 318 g/mol. The van der Waals surface area contributed by atoms with Gasteiger partial charge >= 0.3 is 0 Å². The molecule has 1 saturated heterocycles. The molecule has 3 aromatic rings. The third-order valence-corrected chi connectivity index (χ3v) is 5.04. The normalized spacial score (nSPS) is 17.9. The molecular formula is C19H18N4O. The van der Waals surface area contributed by atoms with Crippen LogP contribution in [-0.2, 0) is 0 Å². The Labute approximate surface area is 139 Å². The largest absolute Gasteiger partial charge is 0.334 e. The minimum Gasteiger partial charge on any atom is -0.334 e. The van der Waals surface area contributed by atoms with Crippen LogP contribution in [0.25, 0.3) is 10.8 Å². The second-order valence-corrected chi connectivity index (χ2v) is 6.82. The van der Waals surface area contributed by atoms with Crippen molar-refractivity contribution in [2.24, 2.45) is 0 Å². The average Bonchev–Trinajstić information content (AvgIpc) is 3.32. The van der Waals surface area contributed by atoms with Gasteiger partial charge in [0, 0.05) is 30.8 Å². The van der Waals surface area contributed by atoms with E-state index in [0.29, 0.717) is 19.0 Å². The maximum atomic E-state index is 12.7. The van der Waals surface area contributed by atoms with Crippen LogP contribution in [0.3, 0.4) is 0 Å². The van der Waals surface area contributed by atoms with Crippen molar-refractivity contribution in [2.45, 2.75) is 24.8 Å². The molecule has 5 nitrogen and oxygen atoms in total. The summed E-state index contributed by atoms with van der Waals surface area (Å²) in [5.41, 5.74) is 1.86. The topological polar surface area (TPSA) is 51.0 Å². The van der Waals surface area contributed by atoms with Crippen molar-refractivity contribution in [3.8, 4) is 0 Å². The highest BCUT2D eigenvalue weighted by Crippen LogP contribution is 2.39. The van der Waals surface area contributed by atoms with Crippen molar-refractivity contribution in [3.05, 3.63) is 59.9 Å². The van der Waals surface area contributed by atoms with Crippen LogP contribution in [0.1, 0.15) is 40.9 Å². The van der Waals surface area contributed by atoms with Gasteiger partial charge in [0.1, 0.15) is 0 Å². The Morgan fingerprint density at radius 3 is 2.62 bits per heavy atom. The number of aromatic nitrogens is 3. The van der Waals surface area contributed by atoms with Crippen molar-refractivity contribution < 1.29 is 4.79 Å². The van der Waals surface area contributed by atoms with Gasteiger partial charge < -0.3 is 4.90 Å². The number of likely N-dealkylation sites (tertiary alicyclic amines) is 1. The molecule has 0 bridgehead atoms. The summed E-state index contributed by atoms with van der Waals surface area (Å²) in [6.07, 6.45) is 4.52. The average molecular weight is 318 g/mol. The number of hydrogen-bond acceptors (Lipinski definition) is 3. The highest BCUT2D eigenvalue weighted by molar-refractivity contribution is 5.99. The summed E-state index contributed by atoms with van der Waals surface area (Å²) in [5, 5.41) is 10.7. The fourth-order valence-corrected chi connectivity index (χ4v) is 3.33. The molecule has 0 spiro atoms. The lowest BCUT2D eigenvalue weighted by Gasteiger charge is -2.38. The number of fused-ring (bicyclic) bond motifs is 1. The Morgan fingerprint density at radius 2 is 1.83 bits per heavy atom. The summed E-state index contributed by atoms with van der Waals surface area (Å²) in [5.74, 6) is 0.716. The number of amides is 1. The van der Waals surface area contributed by atoms with Gasteiger partial charge in [0.2, 0.25) is 0 Å². The Balaban J connectivity index is 1.29. The fourth-order valence-electron chi connectivity index (χ4n) is 3.33. The molecule has 120 valence electrons. The van der Waals surface area contributed by atoms with E-state index in [-0.39, 0.29) is 11.9 Å². The summed E-state index contributed by atoms with van der Waals surface area (Å²) < 4.78 is 1.93. The first-order valence-electron chi connectivity index (χ1n) is 8.48. The quantitative estimate of drug-likeness (QED) is 0.746. The first-order chi connectivity index (χ1) is 11.8. The minimum absolute atomic E-state index is 0.0968. The van der Waals surface area contributed by atoms with Crippen molar-refractivity contribution in [1.29, 1.82) is 0 Å². The number of rotatable bonds is 3. The van der Waals surface area contributed by atoms with Crippen LogP contribution in [0.2, 0.25) is 0 Å². The minimum atomic E-state index is 0.0968. The summed E-state index contributed by atoms with van der Waals surface area (Å²) in [7, 11) is 0. The van der Waals surface area contributed by atoms with Crippen LogP contribution in [0, 0.1) is 0 Å². The highest BCUT2D eigenvalue weighted by atomic mass is 16.2. The number of benzene rings is 2. The van der Waals surface area contributed by atoms with E-state index in [4.69, 9.17) is 0 Å². The highest BCUT2D eigenvalue weighted by Gasteiger charge is 2.34. The van der Waals surface area contributed by atoms with Gasteiger partial charge in [0.25, 0.3) is 5.91 Å². The maximum absolute atomic E-state index is 12.7. The maximum Gasteiger partial charge on any atom is 0.254 e. The van der Waals surface area contributed by atoms with Crippen molar-refractivity contribution in [3.63, 3.8) is 0 Å². The van der Waals surface area contributed by atoms with E-state index in [2.05, 4.69) is 22.6 Å². The molecule has 2 aliphatic rings. The second-order valence-electron chi connectivity index (χ2n) is 6.82. The number of hydrogen-bond donors (Lipinski definition) is 0. The van der Waals surface area contributed by atoms with Gasteiger partial charge in [-0.3, -0.25) is 4.79 Å². The van der Waals surface area contributed by atoms with Gasteiger partial charge in [0.15, 0.2) is 0 Å². The molecule has 2 fully saturated rings. The van der Waals surface area contributed by atoms with Gasteiger partial charge in [0.05, 0.1) is 11.7 Å². The van der Waals surface area contributed by atoms with Gasteiger partial charge in [-0.25, -0.2) is 4.68 Å². The van der Waals surface area contributed by atoms with Gasteiger partial charge in [-0.1, -0.05) is 35.5 Å². The molecule has 1 aliphatic carbocycles. The zero-order valence-electron chi connectivity index (χ0n) is 13.3. The lowest BCUT2D eigenvalue weighted by molar-refractivity contribution is 0.0498. The predicted molar refractivity (Wildman–Crippen MR) is 90.9 cm³/mol. The smallest absolute Gasteiger partial charge is 0.254 e. The van der Waals surface area contributed by atoms with Crippen LogP contribution < -0.4 is 0 Å². The summed E-state index contributed by atoms with van der Waals surface area (Å²) in [4.78, 5) is 14.5. The van der Waals surface area contributed by atoms with Crippen molar-refractivity contribution in [1.82, 2.24) is 19.9 Å². The first-order valence-corrected chi connectivity index (χ1v) is 8.48. The zero-order chi connectivity index (χ0) is 16.1. The second kappa shape index (κ2) is 5.16. The van der Waals surface area contributed by atoms with E-state index in [1.807, 2.05) is 46.0 Å². The van der Waals surface area contributed by atoms with Crippen LogP contribution >= 0.6 is 0 Å². The van der Waals surface area contributed by atoms with Crippen LogP contribution in [0.4, 0.5) is 0 Å². The Bertz CT molecular complexity index is 922. The molecule has 2 aromatic carbocycles. The van der Waals surface area contributed by atoms with E-state index in [1.54, 1.807) is 0 Å². The Kier molecular flexibility index (Phi) is 2.95. The zero-order valence-corrected chi connectivity index (χ0v) is 13.3. The van der Waals surface area contributed by atoms with E-state index in [9.17, 15) is 4.79 Å². The molecule has 1 aromatic heterocycles. The third-order valence-electron chi connectivity index (χ3n) is 5.04. The Morgan fingerprint density at radius 1 is 1.04 bits per heavy atom. The van der Waals surface area contributed by atoms with E-state index < -0.39 is 0 Å². The molecule has 0 atom stereocenters. The Hall–Kier alpha value is -2.69.